The van der Waals surface area contributed by atoms with Crippen molar-refractivity contribution in [2.45, 2.75) is 26.2 Å². The number of azide groups is 1. The molecule has 0 aromatic carbocycles. The van der Waals surface area contributed by atoms with E-state index >= 15 is 0 Å². The summed E-state index contributed by atoms with van der Waals surface area (Å²) in [5.74, 6) is 0.183. The van der Waals surface area contributed by atoms with Gasteiger partial charge in [0.15, 0.2) is 0 Å². The van der Waals surface area contributed by atoms with Crippen molar-refractivity contribution in [3.05, 3.63) is 28.4 Å². The minimum atomic E-state index is 0.183. The Hall–Kier alpha value is -1.61. The summed E-state index contributed by atoms with van der Waals surface area (Å²) in [5.41, 5.74) is 9.19. The lowest BCUT2D eigenvalue weighted by atomic mass is 10.2. The van der Waals surface area contributed by atoms with E-state index in [0.717, 1.165) is 24.8 Å². The third-order valence-electron chi connectivity index (χ3n) is 1.64. The van der Waals surface area contributed by atoms with Gasteiger partial charge in [0.1, 0.15) is 0 Å². The summed E-state index contributed by atoms with van der Waals surface area (Å²) in [6, 6.07) is 0. The molecule has 0 fully saturated rings. The molecule has 0 aliphatic heterocycles. The van der Waals surface area contributed by atoms with E-state index in [1.54, 1.807) is 12.4 Å². The van der Waals surface area contributed by atoms with Crippen LogP contribution in [0.1, 0.15) is 25.3 Å². The molecule has 0 atom stereocenters. The van der Waals surface area contributed by atoms with Crippen molar-refractivity contribution in [3.63, 3.8) is 0 Å². The summed E-state index contributed by atoms with van der Waals surface area (Å²) in [6.07, 6.45) is 6.66. The quantitative estimate of drug-likeness (QED) is 0.403. The van der Waals surface area contributed by atoms with E-state index in [9.17, 15) is 0 Å². The largest absolute Gasteiger partial charge is 0.235 e. The fourth-order valence-corrected chi connectivity index (χ4v) is 0.950. The molecular weight excluding hydrogens is 166 g/mol. The van der Waals surface area contributed by atoms with Gasteiger partial charge in [0.05, 0.1) is 0 Å². The van der Waals surface area contributed by atoms with Crippen molar-refractivity contribution >= 4 is 5.95 Å². The third kappa shape index (κ3) is 3.09. The monoisotopic (exact) mass is 177 g/mol. The summed E-state index contributed by atoms with van der Waals surface area (Å²) in [6.45, 7) is 2.13. The molecule has 1 aromatic heterocycles. The molecule has 0 aliphatic rings. The zero-order valence-corrected chi connectivity index (χ0v) is 7.51. The van der Waals surface area contributed by atoms with Gasteiger partial charge in [0, 0.05) is 17.3 Å². The van der Waals surface area contributed by atoms with Crippen LogP contribution in [0.25, 0.3) is 10.4 Å². The molecule has 1 aromatic rings. The second kappa shape index (κ2) is 5.11. The van der Waals surface area contributed by atoms with Crippen molar-refractivity contribution in [2.24, 2.45) is 5.11 Å². The summed E-state index contributed by atoms with van der Waals surface area (Å²) in [7, 11) is 0. The van der Waals surface area contributed by atoms with Gasteiger partial charge in [-0.25, -0.2) is 9.97 Å². The molecule has 0 saturated carbocycles. The summed E-state index contributed by atoms with van der Waals surface area (Å²) >= 11 is 0. The van der Waals surface area contributed by atoms with Crippen molar-refractivity contribution in [2.75, 3.05) is 0 Å². The first-order valence-electron chi connectivity index (χ1n) is 4.23. The molecule has 0 amide bonds. The molecular formula is C8H11N5. The number of hydrogen-bond donors (Lipinski definition) is 0. The van der Waals surface area contributed by atoms with Gasteiger partial charge in [0.2, 0.25) is 5.95 Å². The topological polar surface area (TPSA) is 74.5 Å². The van der Waals surface area contributed by atoms with Crippen LogP contribution in [0.4, 0.5) is 5.95 Å². The van der Waals surface area contributed by atoms with Crippen LogP contribution in [-0.4, -0.2) is 9.97 Å². The van der Waals surface area contributed by atoms with E-state index in [1.165, 1.54) is 0 Å². The SMILES string of the molecule is CCCCc1cnc(N=[N+]=[N-])nc1. The van der Waals surface area contributed by atoms with E-state index in [-0.39, 0.29) is 5.95 Å². The lowest BCUT2D eigenvalue weighted by Gasteiger charge is -1.97. The van der Waals surface area contributed by atoms with Gasteiger partial charge in [-0.3, -0.25) is 0 Å². The molecule has 0 N–H and O–H groups in total. The molecule has 0 saturated heterocycles. The van der Waals surface area contributed by atoms with Gasteiger partial charge in [0.25, 0.3) is 0 Å². The van der Waals surface area contributed by atoms with Crippen molar-refractivity contribution in [3.8, 4) is 0 Å². The van der Waals surface area contributed by atoms with Crippen LogP contribution in [0, 0.1) is 0 Å². The molecule has 5 heteroatoms. The molecule has 0 aliphatic carbocycles. The Morgan fingerprint density at radius 3 is 2.69 bits per heavy atom. The molecule has 1 heterocycles. The maximum atomic E-state index is 8.11. The molecule has 5 nitrogen and oxygen atoms in total. The fraction of sp³-hybridized carbons (Fsp3) is 0.500. The van der Waals surface area contributed by atoms with Gasteiger partial charge >= 0.3 is 0 Å². The Bertz CT molecular complexity index is 299. The molecule has 68 valence electrons. The van der Waals surface area contributed by atoms with Crippen molar-refractivity contribution in [1.29, 1.82) is 0 Å². The minimum Gasteiger partial charge on any atom is -0.235 e. The molecule has 0 radical (unpaired) electrons. The lowest BCUT2D eigenvalue weighted by Crippen LogP contribution is -1.88. The number of unbranched alkanes of at least 4 members (excludes halogenated alkanes) is 1. The van der Waals surface area contributed by atoms with E-state index in [1.807, 2.05) is 0 Å². The Morgan fingerprint density at radius 2 is 2.15 bits per heavy atom. The van der Waals surface area contributed by atoms with Crippen LogP contribution in [0.2, 0.25) is 0 Å². The van der Waals surface area contributed by atoms with Crippen molar-refractivity contribution < 1.29 is 0 Å². The van der Waals surface area contributed by atoms with Gasteiger partial charge in [-0.1, -0.05) is 13.3 Å². The van der Waals surface area contributed by atoms with Gasteiger partial charge < -0.3 is 0 Å². The standard InChI is InChI=1S/C8H11N5/c1-2-3-4-7-5-10-8(11-6-7)12-13-9/h5-6H,2-4H2,1H3. The highest BCUT2D eigenvalue weighted by molar-refractivity contribution is 5.16. The highest BCUT2D eigenvalue weighted by atomic mass is 15.2. The molecule has 0 bridgehead atoms. The van der Waals surface area contributed by atoms with Crippen LogP contribution in [0.15, 0.2) is 17.5 Å². The van der Waals surface area contributed by atoms with Gasteiger partial charge in [-0.05, 0) is 29.1 Å². The first-order valence-corrected chi connectivity index (χ1v) is 4.23. The number of rotatable bonds is 4. The predicted octanol–water partition coefficient (Wildman–Crippen LogP) is 2.76. The average molecular weight is 177 g/mol. The summed E-state index contributed by atoms with van der Waals surface area (Å²) in [5, 5.41) is 3.29. The summed E-state index contributed by atoms with van der Waals surface area (Å²) < 4.78 is 0. The number of nitrogens with zero attached hydrogens (tertiary/aromatic N) is 5. The molecule has 1 rings (SSSR count). The van der Waals surface area contributed by atoms with E-state index in [4.69, 9.17) is 5.53 Å². The van der Waals surface area contributed by atoms with Gasteiger partial charge in [-0.2, -0.15) is 0 Å². The second-order valence-electron chi connectivity index (χ2n) is 2.68. The Labute approximate surface area is 76.5 Å². The van der Waals surface area contributed by atoms with E-state index in [0.29, 0.717) is 0 Å². The number of hydrogen-bond acceptors (Lipinski definition) is 3. The molecule has 13 heavy (non-hydrogen) atoms. The van der Waals surface area contributed by atoms with Crippen LogP contribution in [0.3, 0.4) is 0 Å². The Kier molecular flexibility index (Phi) is 3.73. The van der Waals surface area contributed by atoms with E-state index < -0.39 is 0 Å². The zero-order chi connectivity index (χ0) is 9.52. The second-order valence-corrected chi connectivity index (χ2v) is 2.68. The first-order chi connectivity index (χ1) is 6.36. The Morgan fingerprint density at radius 1 is 1.46 bits per heavy atom. The van der Waals surface area contributed by atoms with Crippen LogP contribution < -0.4 is 0 Å². The average Bonchev–Trinajstić information content (AvgIpc) is 2.17. The van der Waals surface area contributed by atoms with Crippen molar-refractivity contribution in [1.82, 2.24) is 9.97 Å². The van der Waals surface area contributed by atoms with Gasteiger partial charge in [-0.15, -0.1) is 0 Å². The normalized spacial score (nSPS) is 9.31. The van der Waals surface area contributed by atoms with Crippen LogP contribution in [-0.2, 0) is 6.42 Å². The minimum absolute atomic E-state index is 0.183. The maximum Gasteiger partial charge on any atom is 0.216 e. The fourth-order valence-electron chi connectivity index (χ4n) is 0.950. The Balaban J connectivity index is 2.63. The predicted molar refractivity (Wildman–Crippen MR) is 49.5 cm³/mol. The molecule has 0 spiro atoms. The lowest BCUT2D eigenvalue weighted by molar-refractivity contribution is 0.788. The van der Waals surface area contributed by atoms with Crippen LogP contribution >= 0.6 is 0 Å². The van der Waals surface area contributed by atoms with Crippen LogP contribution in [0.5, 0.6) is 0 Å². The number of aryl methyl sites for hydroxylation is 1. The maximum absolute atomic E-state index is 8.11. The smallest absolute Gasteiger partial charge is 0.216 e. The number of aromatic nitrogens is 2. The molecule has 0 unspecified atom stereocenters. The highest BCUT2D eigenvalue weighted by Crippen LogP contribution is 2.06. The zero-order valence-electron chi connectivity index (χ0n) is 7.51. The van der Waals surface area contributed by atoms with E-state index in [2.05, 4.69) is 26.9 Å². The first kappa shape index (κ1) is 9.48. The third-order valence-corrected chi connectivity index (χ3v) is 1.64. The highest BCUT2D eigenvalue weighted by Gasteiger charge is 1.94. The summed E-state index contributed by atoms with van der Waals surface area (Å²) in [4.78, 5) is 10.4.